The molecule has 0 aromatic heterocycles. The molecule has 1 saturated heterocycles. The highest BCUT2D eigenvalue weighted by Gasteiger charge is 2.10. The minimum Gasteiger partial charge on any atom is -0.372 e. The highest BCUT2D eigenvalue weighted by molar-refractivity contribution is 5.89. The minimum atomic E-state index is -0.124. The number of amides is 2. The number of nitrogens with zero attached hydrogens (tertiary/aromatic N) is 1. The molecule has 1 aromatic carbocycles. The molecule has 4 nitrogen and oxygen atoms in total. The van der Waals surface area contributed by atoms with Gasteiger partial charge in [0.25, 0.3) is 0 Å². The fourth-order valence-electron chi connectivity index (χ4n) is 2.56. The van der Waals surface area contributed by atoms with E-state index in [1.165, 1.54) is 24.9 Å². The summed E-state index contributed by atoms with van der Waals surface area (Å²) in [5.74, 6) is 0.606. The van der Waals surface area contributed by atoms with E-state index in [0.29, 0.717) is 5.92 Å². The number of benzene rings is 1. The Morgan fingerprint density at radius 3 is 2.43 bits per heavy atom. The molecule has 0 radical (unpaired) electrons. The fraction of sp³-hybridized carbons (Fsp3) is 0.588. The van der Waals surface area contributed by atoms with Gasteiger partial charge >= 0.3 is 6.03 Å². The van der Waals surface area contributed by atoms with Crippen molar-refractivity contribution < 1.29 is 4.79 Å². The van der Waals surface area contributed by atoms with Crippen LogP contribution in [0.4, 0.5) is 16.2 Å². The highest BCUT2D eigenvalue weighted by Crippen LogP contribution is 2.21. The predicted octanol–water partition coefficient (Wildman–Crippen LogP) is 3.84. The smallest absolute Gasteiger partial charge is 0.319 e. The summed E-state index contributed by atoms with van der Waals surface area (Å²) >= 11 is 0. The van der Waals surface area contributed by atoms with Gasteiger partial charge in [-0.15, -0.1) is 0 Å². The Bertz CT molecular complexity index is 436. The van der Waals surface area contributed by atoms with Gasteiger partial charge in [0.15, 0.2) is 0 Å². The number of urea groups is 1. The van der Waals surface area contributed by atoms with Crippen LogP contribution in [0.1, 0.15) is 39.5 Å². The maximum absolute atomic E-state index is 11.7. The van der Waals surface area contributed by atoms with Gasteiger partial charge < -0.3 is 15.5 Å². The van der Waals surface area contributed by atoms with E-state index >= 15 is 0 Å². The lowest BCUT2D eigenvalue weighted by molar-refractivity contribution is 0.251. The summed E-state index contributed by atoms with van der Waals surface area (Å²) in [4.78, 5) is 14.2. The van der Waals surface area contributed by atoms with E-state index in [1.54, 1.807) is 0 Å². The van der Waals surface area contributed by atoms with E-state index in [9.17, 15) is 4.79 Å². The molecule has 116 valence electrons. The predicted molar refractivity (Wildman–Crippen MR) is 89.0 cm³/mol. The summed E-state index contributed by atoms with van der Waals surface area (Å²) in [5.41, 5.74) is 2.10. The molecule has 2 N–H and O–H groups in total. The largest absolute Gasteiger partial charge is 0.372 e. The molecule has 0 spiro atoms. The lowest BCUT2D eigenvalue weighted by Crippen LogP contribution is -2.30. The van der Waals surface area contributed by atoms with Crippen molar-refractivity contribution >= 4 is 17.4 Å². The SMILES string of the molecule is CC(C)CCNC(=O)Nc1ccc(N2CCCCC2)cc1. The Labute approximate surface area is 127 Å². The van der Waals surface area contributed by atoms with Crippen molar-refractivity contribution in [2.24, 2.45) is 5.92 Å². The normalized spacial score (nSPS) is 15.1. The number of carbonyl (C=O) groups excluding carboxylic acids is 1. The van der Waals surface area contributed by atoms with Crippen LogP contribution in [0.15, 0.2) is 24.3 Å². The first-order valence-electron chi connectivity index (χ1n) is 8.05. The van der Waals surface area contributed by atoms with Gasteiger partial charge in [0, 0.05) is 31.0 Å². The zero-order valence-electron chi connectivity index (χ0n) is 13.2. The molecule has 1 heterocycles. The number of nitrogens with one attached hydrogen (secondary N) is 2. The van der Waals surface area contributed by atoms with Crippen molar-refractivity contribution in [3.8, 4) is 0 Å². The monoisotopic (exact) mass is 289 g/mol. The Morgan fingerprint density at radius 1 is 1.14 bits per heavy atom. The first-order chi connectivity index (χ1) is 10.1. The second-order valence-corrected chi connectivity index (χ2v) is 6.16. The summed E-state index contributed by atoms with van der Waals surface area (Å²) in [6, 6.07) is 8.02. The van der Waals surface area contributed by atoms with E-state index in [1.807, 2.05) is 12.1 Å². The lowest BCUT2D eigenvalue weighted by Gasteiger charge is -2.28. The van der Waals surface area contributed by atoms with Gasteiger partial charge in [-0.3, -0.25) is 0 Å². The average molecular weight is 289 g/mol. The van der Waals surface area contributed by atoms with E-state index < -0.39 is 0 Å². The van der Waals surface area contributed by atoms with E-state index in [-0.39, 0.29) is 6.03 Å². The van der Waals surface area contributed by atoms with Gasteiger partial charge in [0.2, 0.25) is 0 Å². The van der Waals surface area contributed by atoms with Crippen molar-refractivity contribution in [3.63, 3.8) is 0 Å². The van der Waals surface area contributed by atoms with Gasteiger partial charge in [-0.2, -0.15) is 0 Å². The van der Waals surface area contributed by atoms with Crippen LogP contribution in [0.25, 0.3) is 0 Å². The van der Waals surface area contributed by atoms with Crippen molar-refractivity contribution in [1.29, 1.82) is 0 Å². The van der Waals surface area contributed by atoms with E-state index in [0.717, 1.165) is 31.7 Å². The molecule has 1 aliphatic heterocycles. The molecule has 21 heavy (non-hydrogen) atoms. The van der Waals surface area contributed by atoms with Gasteiger partial charge in [-0.05, 0) is 55.9 Å². The zero-order chi connectivity index (χ0) is 15.1. The Balaban J connectivity index is 1.80. The maximum atomic E-state index is 11.7. The van der Waals surface area contributed by atoms with Crippen LogP contribution < -0.4 is 15.5 Å². The van der Waals surface area contributed by atoms with Crippen molar-refractivity contribution in [1.82, 2.24) is 5.32 Å². The van der Waals surface area contributed by atoms with Gasteiger partial charge in [-0.1, -0.05) is 13.8 Å². The number of piperidine rings is 1. The average Bonchev–Trinajstić information content (AvgIpc) is 2.48. The van der Waals surface area contributed by atoms with E-state index in [4.69, 9.17) is 0 Å². The fourth-order valence-corrected chi connectivity index (χ4v) is 2.56. The molecule has 0 aliphatic carbocycles. The zero-order valence-corrected chi connectivity index (χ0v) is 13.2. The summed E-state index contributed by atoms with van der Waals surface area (Å²) in [7, 11) is 0. The third-order valence-corrected chi connectivity index (χ3v) is 3.85. The number of hydrogen-bond donors (Lipinski definition) is 2. The van der Waals surface area contributed by atoms with Crippen LogP contribution in [0.3, 0.4) is 0 Å². The first-order valence-corrected chi connectivity index (χ1v) is 8.05. The number of rotatable bonds is 5. The highest BCUT2D eigenvalue weighted by atomic mass is 16.2. The number of hydrogen-bond acceptors (Lipinski definition) is 2. The quantitative estimate of drug-likeness (QED) is 0.865. The molecule has 1 fully saturated rings. The van der Waals surface area contributed by atoms with Gasteiger partial charge in [0.05, 0.1) is 0 Å². The number of carbonyl (C=O) groups is 1. The standard InChI is InChI=1S/C17H27N3O/c1-14(2)10-11-18-17(21)19-15-6-8-16(9-7-15)20-12-4-3-5-13-20/h6-9,14H,3-5,10-13H2,1-2H3,(H2,18,19,21). The Kier molecular flexibility index (Phi) is 5.90. The van der Waals surface area contributed by atoms with Crippen LogP contribution in [0.5, 0.6) is 0 Å². The van der Waals surface area contributed by atoms with Crippen LogP contribution >= 0.6 is 0 Å². The van der Waals surface area contributed by atoms with E-state index in [2.05, 4.69) is 41.5 Å². The van der Waals surface area contributed by atoms with Crippen LogP contribution in [0, 0.1) is 5.92 Å². The molecule has 1 aliphatic rings. The van der Waals surface area contributed by atoms with Crippen molar-refractivity contribution in [3.05, 3.63) is 24.3 Å². The van der Waals surface area contributed by atoms with Crippen LogP contribution in [0.2, 0.25) is 0 Å². The molecule has 4 heteroatoms. The Morgan fingerprint density at radius 2 is 1.81 bits per heavy atom. The summed E-state index contributed by atoms with van der Waals surface area (Å²) in [6.07, 6.45) is 4.89. The molecular formula is C17H27N3O. The molecule has 0 atom stereocenters. The Hall–Kier alpha value is -1.71. The second kappa shape index (κ2) is 7.91. The molecule has 0 saturated carbocycles. The number of anilines is 2. The molecule has 2 amide bonds. The third-order valence-electron chi connectivity index (χ3n) is 3.85. The van der Waals surface area contributed by atoms with Crippen LogP contribution in [-0.2, 0) is 0 Å². The van der Waals surface area contributed by atoms with Crippen molar-refractivity contribution in [2.75, 3.05) is 29.9 Å². The minimum absolute atomic E-state index is 0.124. The molecular weight excluding hydrogens is 262 g/mol. The topological polar surface area (TPSA) is 44.4 Å². The molecule has 0 bridgehead atoms. The molecule has 2 rings (SSSR count). The summed E-state index contributed by atoms with van der Waals surface area (Å²) in [5, 5.41) is 5.76. The summed E-state index contributed by atoms with van der Waals surface area (Å²) in [6.45, 7) is 7.30. The second-order valence-electron chi connectivity index (χ2n) is 6.16. The summed E-state index contributed by atoms with van der Waals surface area (Å²) < 4.78 is 0. The molecule has 0 unspecified atom stereocenters. The third kappa shape index (κ3) is 5.29. The maximum Gasteiger partial charge on any atom is 0.319 e. The van der Waals surface area contributed by atoms with Gasteiger partial charge in [-0.25, -0.2) is 4.79 Å². The van der Waals surface area contributed by atoms with Gasteiger partial charge in [0.1, 0.15) is 0 Å². The van der Waals surface area contributed by atoms with Crippen molar-refractivity contribution in [2.45, 2.75) is 39.5 Å². The van der Waals surface area contributed by atoms with Crippen LogP contribution in [-0.4, -0.2) is 25.7 Å². The first kappa shape index (κ1) is 15.7. The lowest BCUT2D eigenvalue weighted by atomic mass is 10.1. The molecule has 1 aromatic rings.